The molecule has 3 atom stereocenters. The van der Waals surface area contributed by atoms with Crippen LogP contribution in [-0.2, 0) is 9.53 Å². The summed E-state index contributed by atoms with van der Waals surface area (Å²) in [6.45, 7) is 2.16. The molecule has 0 spiro atoms. The number of aliphatic hydroxyl groups is 2. The fourth-order valence-electron chi connectivity index (χ4n) is 3.32. The van der Waals surface area contributed by atoms with Crippen LogP contribution in [0.2, 0.25) is 0 Å². The van der Waals surface area contributed by atoms with E-state index >= 15 is 0 Å². The number of hydrogen-bond acceptors (Lipinski definition) is 4. The van der Waals surface area contributed by atoms with Crippen LogP contribution in [0.25, 0.3) is 0 Å². The molecule has 0 unspecified atom stereocenters. The monoisotopic (exact) mass is 352 g/mol. The number of ether oxygens (including phenoxy) is 1. The first-order valence-corrected chi connectivity index (χ1v) is 9.88. The standard InChI is InChI=1S/C21H36O4/c1-3-4-7-11-18(22)14-15-19-17(13-16-20(19)23)10-8-5-6-9-12-21(24)25-2/h13-15,18-20,22-23H,3-12,16H2,1-2H3/b15-14+/t18-,19+,20+/m0/s1. The van der Waals surface area contributed by atoms with Crippen LogP contribution in [0.3, 0.4) is 0 Å². The molecule has 0 aromatic carbocycles. The molecule has 0 saturated heterocycles. The molecule has 0 amide bonds. The van der Waals surface area contributed by atoms with Crippen LogP contribution in [0.1, 0.15) is 77.6 Å². The molecular formula is C21H36O4. The average Bonchev–Trinajstić information content (AvgIpc) is 2.96. The van der Waals surface area contributed by atoms with Gasteiger partial charge < -0.3 is 14.9 Å². The van der Waals surface area contributed by atoms with Crippen LogP contribution in [0.15, 0.2) is 23.8 Å². The Labute approximate surface area is 153 Å². The van der Waals surface area contributed by atoms with E-state index in [0.717, 1.165) is 57.8 Å². The van der Waals surface area contributed by atoms with Gasteiger partial charge in [0.25, 0.3) is 0 Å². The van der Waals surface area contributed by atoms with Crippen molar-refractivity contribution in [3.63, 3.8) is 0 Å². The second-order valence-electron chi connectivity index (χ2n) is 7.05. The van der Waals surface area contributed by atoms with Gasteiger partial charge >= 0.3 is 5.97 Å². The smallest absolute Gasteiger partial charge is 0.305 e. The normalized spacial score (nSPS) is 21.5. The maximum Gasteiger partial charge on any atom is 0.305 e. The van der Waals surface area contributed by atoms with Crippen molar-refractivity contribution in [1.82, 2.24) is 0 Å². The van der Waals surface area contributed by atoms with Gasteiger partial charge in [0.1, 0.15) is 0 Å². The summed E-state index contributed by atoms with van der Waals surface area (Å²) < 4.78 is 4.64. The minimum Gasteiger partial charge on any atom is -0.469 e. The Morgan fingerprint density at radius 1 is 1.28 bits per heavy atom. The number of rotatable bonds is 13. The number of unbranched alkanes of at least 4 members (excludes halogenated alkanes) is 5. The molecule has 144 valence electrons. The molecule has 0 saturated carbocycles. The summed E-state index contributed by atoms with van der Waals surface area (Å²) in [5, 5.41) is 20.2. The van der Waals surface area contributed by atoms with E-state index in [2.05, 4.69) is 17.7 Å². The minimum absolute atomic E-state index is 0.0518. The van der Waals surface area contributed by atoms with Gasteiger partial charge in [-0.05, 0) is 32.1 Å². The highest BCUT2D eigenvalue weighted by Crippen LogP contribution is 2.31. The molecule has 4 nitrogen and oxygen atoms in total. The highest BCUT2D eigenvalue weighted by Gasteiger charge is 2.25. The van der Waals surface area contributed by atoms with E-state index in [1.807, 2.05) is 12.2 Å². The number of aliphatic hydroxyl groups excluding tert-OH is 2. The van der Waals surface area contributed by atoms with Gasteiger partial charge in [-0.3, -0.25) is 4.79 Å². The Bertz CT molecular complexity index is 428. The number of methoxy groups -OCH3 is 1. The summed E-state index contributed by atoms with van der Waals surface area (Å²) in [6.07, 6.45) is 15.7. The molecule has 0 aliphatic heterocycles. The van der Waals surface area contributed by atoms with Crippen molar-refractivity contribution in [2.45, 2.75) is 89.8 Å². The third-order valence-electron chi connectivity index (χ3n) is 4.93. The Morgan fingerprint density at radius 2 is 2.04 bits per heavy atom. The molecule has 0 radical (unpaired) electrons. The Morgan fingerprint density at radius 3 is 2.76 bits per heavy atom. The highest BCUT2D eigenvalue weighted by molar-refractivity contribution is 5.68. The SMILES string of the molecule is CCCCC[C@H](O)/C=C/[C@@H]1C(CCCCCCC(=O)OC)=CC[C@H]1O. The van der Waals surface area contributed by atoms with E-state index in [1.165, 1.54) is 12.7 Å². The van der Waals surface area contributed by atoms with Crippen LogP contribution in [0, 0.1) is 5.92 Å². The van der Waals surface area contributed by atoms with E-state index in [1.54, 1.807) is 0 Å². The third kappa shape index (κ3) is 9.22. The van der Waals surface area contributed by atoms with E-state index in [9.17, 15) is 15.0 Å². The lowest BCUT2D eigenvalue weighted by Gasteiger charge is -2.16. The average molecular weight is 353 g/mol. The summed E-state index contributed by atoms with van der Waals surface area (Å²) in [6, 6.07) is 0. The fourth-order valence-corrected chi connectivity index (χ4v) is 3.32. The van der Waals surface area contributed by atoms with Crippen molar-refractivity contribution in [3.05, 3.63) is 23.8 Å². The summed E-state index contributed by atoms with van der Waals surface area (Å²) >= 11 is 0. The van der Waals surface area contributed by atoms with Gasteiger partial charge in [0.2, 0.25) is 0 Å². The fraction of sp³-hybridized carbons (Fsp3) is 0.762. The Hall–Kier alpha value is -1.13. The lowest BCUT2D eigenvalue weighted by Crippen LogP contribution is -2.15. The summed E-state index contributed by atoms with van der Waals surface area (Å²) in [7, 11) is 1.43. The Kier molecular flexibility index (Phi) is 11.5. The third-order valence-corrected chi connectivity index (χ3v) is 4.93. The van der Waals surface area contributed by atoms with Gasteiger partial charge in [0.15, 0.2) is 0 Å². The second-order valence-corrected chi connectivity index (χ2v) is 7.05. The van der Waals surface area contributed by atoms with Crippen LogP contribution in [-0.4, -0.2) is 35.5 Å². The number of carbonyl (C=O) groups excluding carboxylic acids is 1. The zero-order valence-electron chi connectivity index (χ0n) is 16.0. The van der Waals surface area contributed by atoms with Crippen molar-refractivity contribution >= 4 is 5.97 Å². The molecular weight excluding hydrogens is 316 g/mol. The molecule has 0 heterocycles. The molecule has 1 aliphatic carbocycles. The summed E-state index contributed by atoms with van der Waals surface area (Å²) in [5.74, 6) is -0.0831. The molecule has 1 rings (SSSR count). The molecule has 0 aromatic rings. The zero-order chi connectivity index (χ0) is 18.5. The predicted octanol–water partition coefficient (Wildman–Crippen LogP) is 4.30. The number of hydrogen-bond donors (Lipinski definition) is 2. The predicted molar refractivity (Wildman–Crippen MR) is 101 cm³/mol. The first-order chi connectivity index (χ1) is 12.1. The number of carbonyl (C=O) groups is 1. The summed E-state index contributed by atoms with van der Waals surface area (Å²) in [4.78, 5) is 11.1. The molecule has 0 aromatic heterocycles. The molecule has 2 N–H and O–H groups in total. The maximum atomic E-state index is 11.1. The second kappa shape index (κ2) is 13.1. The molecule has 0 fully saturated rings. The Balaban J connectivity index is 2.27. The number of esters is 1. The first-order valence-electron chi connectivity index (χ1n) is 9.88. The van der Waals surface area contributed by atoms with Crippen LogP contribution in [0.5, 0.6) is 0 Å². The van der Waals surface area contributed by atoms with Gasteiger partial charge in [-0.25, -0.2) is 0 Å². The van der Waals surface area contributed by atoms with Gasteiger partial charge in [0, 0.05) is 12.3 Å². The van der Waals surface area contributed by atoms with Gasteiger partial charge in [-0.15, -0.1) is 0 Å². The highest BCUT2D eigenvalue weighted by atomic mass is 16.5. The van der Waals surface area contributed by atoms with E-state index in [0.29, 0.717) is 12.8 Å². The van der Waals surface area contributed by atoms with E-state index < -0.39 is 6.10 Å². The van der Waals surface area contributed by atoms with Crippen molar-refractivity contribution in [2.24, 2.45) is 5.92 Å². The largest absolute Gasteiger partial charge is 0.469 e. The van der Waals surface area contributed by atoms with Crippen LogP contribution < -0.4 is 0 Å². The zero-order valence-corrected chi connectivity index (χ0v) is 16.0. The minimum atomic E-state index is -0.404. The van der Waals surface area contributed by atoms with Crippen molar-refractivity contribution in [3.8, 4) is 0 Å². The van der Waals surface area contributed by atoms with Gasteiger partial charge in [-0.1, -0.05) is 62.8 Å². The topological polar surface area (TPSA) is 66.8 Å². The van der Waals surface area contributed by atoms with Crippen molar-refractivity contribution in [1.29, 1.82) is 0 Å². The summed E-state index contributed by atoms with van der Waals surface area (Å²) in [5.41, 5.74) is 1.29. The lowest BCUT2D eigenvalue weighted by molar-refractivity contribution is -0.140. The molecule has 1 aliphatic rings. The van der Waals surface area contributed by atoms with Gasteiger partial charge in [-0.2, -0.15) is 0 Å². The first kappa shape index (κ1) is 21.9. The lowest BCUT2D eigenvalue weighted by atomic mass is 9.93. The van der Waals surface area contributed by atoms with Crippen molar-refractivity contribution in [2.75, 3.05) is 7.11 Å². The molecule has 25 heavy (non-hydrogen) atoms. The molecule has 4 heteroatoms. The molecule has 0 bridgehead atoms. The quantitative estimate of drug-likeness (QED) is 0.294. The maximum absolute atomic E-state index is 11.1. The van der Waals surface area contributed by atoms with Crippen LogP contribution in [0.4, 0.5) is 0 Å². The van der Waals surface area contributed by atoms with Gasteiger partial charge in [0.05, 0.1) is 19.3 Å². The van der Waals surface area contributed by atoms with Crippen molar-refractivity contribution < 1.29 is 19.7 Å². The van der Waals surface area contributed by atoms with E-state index in [4.69, 9.17) is 0 Å². The van der Waals surface area contributed by atoms with Crippen LogP contribution >= 0.6 is 0 Å². The van der Waals surface area contributed by atoms with E-state index in [-0.39, 0.29) is 18.0 Å².